The summed E-state index contributed by atoms with van der Waals surface area (Å²) in [7, 11) is 0. The first-order chi connectivity index (χ1) is 10.2. The number of carbonyl (C=O) groups is 1. The maximum absolute atomic E-state index is 12.7. The third-order valence-electron chi connectivity index (χ3n) is 4.09. The molecule has 1 amide bonds. The Bertz CT molecular complexity index is 712. The Morgan fingerprint density at radius 1 is 1.33 bits per heavy atom. The molecule has 5 heteroatoms. The van der Waals surface area contributed by atoms with E-state index in [0.29, 0.717) is 18.0 Å². The van der Waals surface area contributed by atoms with Crippen LogP contribution in [-0.2, 0) is 24.2 Å². The molecule has 0 fully saturated rings. The second-order valence-corrected chi connectivity index (χ2v) is 6.88. The molecule has 0 spiro atoms. The highest BCUT2D eigenvalue weighted by Crippen LogP contribution is 2.32. The summed E-state index contributed by atoms with van der Waals surface area (Å²) in [5.41, 5.74) is 2.30. The number of fused-ring (bicyclic) bond motifs is 2. The van der Waals surface area contributed by atoms with Gasteiger partial charge in [-0.05, 0) is 47.2 Å². The van der Waals surface area contributed by atoms with Gasteiger partial charge in [-0.15, -0.1) is 11.3 Å². The molecular weight excluding hydrogens is 306 g/mol. The molecule has 4 rings (SSSR count). The number of hydrogen-bond donors (Lipinski definition) is 0. The quantitative estimate of drug-likeness (QED) is 0.807. The Kier molecular flexibility index (Phi) is 3.16. The van der Waals surface area contributed by atoms with E-state index < -0.39 is 6.10 Å². The van der Waals surface area contributed by atoms with Crippen LogP contribution in [0, 0.1) is 0 Å². The predicted octanol–water partition coefficient (Wildman–Crippen LogP) is 3.29. The van der Waals surface area contributed by atoms with Crippen LogP contribution in [0.1, 0.15) is 16.0 Å². The van der Waals surface area contributed by atoms with Crippen molar-refractivity contribution < 1.29 is 9.53 Å². The minimum absolute atomic E-state index is 0.0826. The van der Waals surface area contributed by atoms with E-state index in [4.69, 9.17) is 16.3 Å². The van der Waals surface area contributed by atoms with Crippen LogP contribution in [-0.4, -0.2) is 23.5 Å². The second kappa shape index (κ2) is 5.04. The molecule has 3 nitrogen and oxygen atoms in total. The number of halogens is 1. The van der Waals surface area contributed by atoms with Crippen LogP contribution in [0.4, 0.5) is 0 Å². The van der Waals surface area contributed by atoms with E-state index in [1.54, 1.807) is 17.4 Å². The molecule has 2 aliphatic heterocycles. The number of nitrogens with zero attached hydrogens (tertiary/aromatic N) is 1. The second-order valence-electron chi connectivity index (χ2n) is 5.44. The molecule has 1 atom stereocenters. The Balaban J connectivity index is 1.50. The molecule has 1 unspecified atom stereocenters. The predicted molar refractivity (Wildman–Crippen MR) is 83.0 cm³/mol. The number of hydrogen-bond acceptors (Lipinski definition) is 3. The smallest absolute Gasteiger partial charge is 0.264 e. The zero-order valence-corrected chi connectivity index (χ0v) is 12.9. The maximum atomic E-state index is 12.7. The van der Waals surface area contributed by atoms with Crippen LogP contribution >= 0.6 is 22.9 Å². The summed E-state index contributed by atoms with van der Waals surface area (Å²) in [4.78, 5) is 16.0. The first-order valence-electron chi connectivity index (χ1n) is 7.00. The minimum atomic E-state index is -0.404. The first kappa shape index (κ1) is 13.2. The Morgan fingerprint density at radius 2 is 2.24 bits per heavy atom. The normalized spacial score (nSPS) is 19.9. The first-order valence-corrected chi connectivity index (χ1v) is 8.25. The highest BCUT2D eigenvalue weighted by molar-refractivity contribution is 7.10. The Morgan fingerprint density at radius 3 is 3.14 bits per heavy atom. The fraction of sp³-hybridized carbons (Fsp3) is 0.312. The molecule has 0 saturated heterocycles. The summed E-state index contributed by atoms with van der Waals surface area (Å²) in [5, 5.41) is 2.79. The average Bonchev–Trinajstić information content (AvgIpc) is 3.11. The monoisotopic (exact) mass is 319 g/mol. The standard InChI is InChI=1S/C16H14ClNO2S/c17-12-1-2-13-11(7-12)8-14(20-13)16(19)18-5-3-15-10(9-18)4-6-21-15/h1-2,4,6-7,14H,3,5,8-9H2. The van der Waals surface area contributed by atoms with Crippen LogP contribution in [0.25, 0.3) is 0 Å². The van der Waals surface area contributed by atoms with Crippen molar-refractivity contribution in [1.82, 2.24) is 4.90 Å². The lowest BCUT2D eigenvalue weighted by molar-refractivity contribution is -0.138. The van der Waals surface area contributed by atoms with Crippen molar-refractivity contribution in [3.05, 3.63) is 50.7 Å². The fourth-order valence-corrected chi connectivity index (χ4v) is 4.08. The van der Waals surface area contributed by atoms with Gasteiger partial charge in [0.2, 0.25) is 0 Å². The van der Waals surface area contributed by atoms with E-state index in [-0.39, 0.29) is 5.91 Å². The van der Waals surface area contributed by atoms with Gasteiger partial charge in [0.05, 0.1) is 0 Å². The summed E-state index contributed by atoms with van der Waals surface area (Å²) in [5.74, 6) is 0.866. The SMILES string of the molecule is O=C(C1Cc2cc(Cl)ccc2O1)N1CCc2sccc2C1. The summed E-state index contributed by atoms with van der Waals surface area (Å²) in [6.45, 7) is 1.48. The van der Waals surface area contributed by atoms with Crippen LogP contribution in [0.3, 0.4) is 0 Å². The number of carbonyl (C=O) groups excluding carboxylic acids is 1. The number of ether oxygens (including phenoxy) is 1. The van der Waals surface area contributed by atoms with Gasteiger partial charge in [0.1, 0.15) is 5.75 Å². The lowest BCUT2D eigenvalue weighted by atomic mass is 10.1. The molecule has 108 valence electrons. The third kappa shape index (κ3) is 2.32. The lowest BCUT2D eigenvalue weighted by Gasteiger charge is -2.29. The van der Waals surface area contributed by atoms with Crippen molar-refractivity contribution in [3.8, 4) is 5.75 Å². The molecule has 0 bridgehead atoms. The van der Waals surface area contributed by atoms with E-state index in [1.807, 2.05) is 17.0 Å². The van der Waals surface area contributed by atoms with E-state index in [0.717, 1.165) is 24.3 Å². The average molecular weight is 320 g/mol. The molecule has 0 saturated carbocycles. The number of benzene rings is 1. The Labute approximate surface area is 132 Å². The molecule has 0 radical (unpaired) electrons. The largest absolute Gasteiger partial charge is 0.480 e. The van der Waals surface area contributed by atoms with Crippen molar-refractivity contribution in [2.75, 3.05) is 6.54 Å². The van der Waals surface area contributed by atoms with E-state index >= 15 is 0 Å². The summed E-state index contributed by atoms with van der Waals surface area (Å²) >= 11 is 7.77. The molecule has 2 aromatic rings. The van der Waals surface area contributed by atoms with Gasteiger partial charge in [0.15, 0.2) is 6.10 Å². The van der Waals surface area contributed by atoms with Crippen molar-refractivity contribution in [2.45, 2.75) is 25.5 Å². The molecule has 1 aromatic heterocycles. The molecule has 0 aliphatic carbocycles. The molecule has 3 heterocycles. The lowest BCUT2D eigenvalue weighted by Crippen LogP contribution is -2.43. The molecule has 0 N–H and O–H groups in total. The van der Waals surface area contributed by atoms with E-state index in [9.17, 15) is 4.79 Å². The minimum Gasteiger partial charge on any atom is -0.480 e. The molecule has 21 heavy (non-hydrogen) atoms. The van der Waals surface area contributed by atoms with Crippen LogP contribution < -0.4 is 4.74 Å². The van der Waals surface area contributed by atoms with E-state index in [1.165, 1.54) is 10.4 Å². The van der Waals surface area contributed by atoms with Gasteiger partial charge in [0.25, 0.3) is 5.91 Å². The molecular formula is C16H14ClNO2S. The van der Waals surface area contributed by atoms with Gasteiger partial charge in [-0.1, -0.05) is 11.6 Å². The van der Waals surface area contributed by atoms with Crippen LogP contribution in [0.5, 0.6) is 5.75 Å². The summed E-state index contributed by atoms with van der Waals surface area (Å²) in [6, 6.07) is 7.64. The van der Waals surface area contributed by atoms with Gasteiger partial charge in [-0.3, -0.25) is 4.79 Å². The van der Waals surface area contributed by atoms with Crippen molar-refractivity contribution in [3.63, 3.8) is 0 Å². The molecule has 1 aromatic carbocycles. The summed E-state index contributed by atoms with van der Waals surface area (Å²) < 4.78 is 5.80. The zero-order chi connectivity index (χ0) is 14.4. The zero-order valence-electron chi connectivity index (χ0n) is 11.3. The van der Waals surface area contributed by atoms with Gasteiger partial charge >= 0.3 is 0 Å². The number of thiophene rings is 1. The van der Waals surface area contributed by atoms with Crippen LogP contribution in [0.15, 0.2) is 29.6 Å². The number of rotatable bonds is 1. The van der Waals surface area contributed by atoms with Crippen LogP contribution in [0.2, 0.25) is 5.02 Å². The van der Waals surface area contributed by atoms with E-state index in [2.05, 4.69) is 11.4 Å². The Hall–Kier alpha value is -1.52. The summed E-state index contributed by atoms with van der Waals surface area (Å²) in [6.07, 6.45) is 1.16. The van der Waals surface area contributed by atoms with Crippen molar-refractivity contribution in [2.24, 2.45) is 0 Å². The van der Waals surface area contributed by atoms with Gasteiger partial charge in [0, 0.05) is 29.4 Å². The van der Waals surface area contributed by atoms with Crippen molar-refractivity contribution in [1.29, 1.82) is 0 Å². The molecule has 2 aliphatic rings. The highest BCUT2D eigenvalue weighted by atomic mass is 35.5. The third-order valence-corrected chi connectivity index (χ3v) is 5.35. The van der Waals surface area contributed by atoms with Gasteiger partial charge < -0.3 is 9.64 Å². The maximum Gasteiger partial charge on any atom is 0.264 e. The van der Waals surface area contributed by atoms with Crippen molar-refractivity contribution >= 4 is 28.8 Å². The highest BCUT2D eigenvalue weighted by Gasteiger charge is 2.33. The number of amides is 1. The van der Waals surface area contributed by atoms with Gasteiger partial charge in [-0.25, -0.2) is 0 Å². The van der Waals surface area contributed by atoms with Gasteiger partial charge in [-0.2, -0.15) is 0 Å². The topological polar surface area (TPSA) is 29.5 Å². The fourth-order valence-electron chi connectivity index (χ4n) is 3.00.